The molecule has 1 aromatic carbocycles. The second-order valence-corrected chi connectivity index (χ2v) is 9.05. The Labute approximate surface area is 193 Å². The van der Waals surface area contributed by atoms with Crippen LogP contribution in [0.3, 0.4) is 0 Å². The summed E-state index contributed by atoms with van der Waals surface area (Å²) in [4.78, 5) is 21.2. The predicted octanol–water partition coefficient (Wildman–Crippen LogP) is 1.35. The molecule has 0 fully saturated rings. The standard InChI is InChI=1S/C21H29N7O4S/c1-4-27(5-2)33(30,31)17-8-6-16(7-9-17)21(29)23-10-12-28-20-18(14-26-28)19(24-15-25-20)22-11-13-32-3/h6-9,14-15H,4-5,10-13H2,1-3H3,(H,23,29)(H,22,24,25). The van der Waals surface area contributed by atoms with Gasteiger partial charge in [-0.15, -0.1) is 0 Å². The molecule has 0 aliphatic carbocycles. The molecule has 12 heteroatoms. The van der Waals surface area contributed by atoms with E-state index in [1.165, 1.54) is 34.9 Å². The third kappa shape index (κ3) is 5.64. The fourth-order valence-corrected chi connectivity index (χ4v) is 4.80. The lowest BCUT2D eigenvalue weighted by atomic mass is 10.2. The largest absolute Gasteiger partial charge is 0.383 e. The number of amides is 1. The first-order valence-corrected chi connectivity index (χ1v) is 12.1. The van der Waals surface area contributed by atoms with E-state index < -0.39 is 10.0 Å². The second kappa shape index (κ2) is 11.2. The predicted molar refractivity (Wildman–Crippen MR) is 125 cm³/mol. The van der Waals surface area contributed by atoms with Crippen molar-refractivity contribution in [1.82, 2.24) is 29.4 Å². The average molecular weight is 476 g/mol. The molecule has 11 nitrogen and oxygen atoms in total. The Kier molecular flexibility index (Phi) is 8.31. The van der Waals surface area contributed by atoms with Crippen molar-refractivity contribution in [2.45, 2.75) is 25.3 Å². The minimum Gasteiger partial charge on any atom is -0.383 e. The van der Waals surface area contributed by atoms with Gasteiger partial charge in [-0.3, -0.25) is 4.79 Å². The van der Waals surface area contributed by atoms with Crippen molar-refractivity contribution in [3.63, 3.8) is 0 Å². The molecule has 33 heavy (non-hydrogen) atoms. The maximum atomic E-state index is 12.6. The molecule has 3 rings (SSSR count). The number of hydrogen-bond acceptors (Lipinski definition) is 8. The van der Waals surface area contributed by atoms with Crippen LogP contribution in [0.1, 0.15) is 24.2 Å². The van der Waals surface area contributed by atoms with Gasteiger partial charge in [-0.05, 0) is 24.3 Å². The topological polar surface area (TPSA) is 131 Å². The Morgan fingerprint density at radius 1 is 1.12 bits per heavy atom. The van der Waals surface area contributed by atoms with E-state index in [0.717, 1.165) is 5.39 Å². The summed E-state index contributed by atoms with van der Waals surface area (Å²) in [5.74, 6) is 0.377. The fourth-order valence-electron chi connectivity index (χ4n) is 3.34. The lowest BCUT2D eigenvalue weighted by molar-refractivity contribution is 0.0952. The van der Waals surface area contributed by atoms with Gasteiger partial charge in [-0.2, -0.15) is 9.40 Å². The van der Waals surface area contributed by atoms with E-state index >= 15 is 0 Å². The molecule has 0 atom stereocenters. The summed E-state index contributed by atoms with van der Waals surface area (Å²) in [7, 11) is -1.93. The number of nitrogens with one attached hydrogen (secondary N) is 2. The van der Waals surface area contributed by atoms with Gasteiger partial charge in [0, 0.05) is 38.9 Å². The number of methoxy groups -OCH3 is 1. The third-order valence-electron chi connectivity index (χ3n) is 5.10. The van der Waals surface area contributed by atoms with Gasteiger partial charge in [0.05, 0.1) is 29.6 Å². The summed E-state index contributed by atoms with van der Waals surface area (Å²) < 4.78 is 33.3. The number of carbonyl (C=O) groups is 1. The third-order valence-corrected chi connectivity index (χ3v) is 7.17. The van der Waals surface area contributed by atoms with Crippen molar-refractivity contribution in [2.24, 2.45) is 0 Å². The summed E-state index contributed by atoms with van der Waals surface area (Å²) in [5, 5.41) is 11.1. The molecule has 0 spiro atoms. The fraction of sp³-hybridized carbons (Fsp3) is 0.429. The van der Waals surface area contributed by atoms with Crippen LogP contribution in [-0.2, 0) is 21.3 Å². The van der Waals surface area contributed by atoms with E-state index in [2.05, 4.69) is 25.7 Å². The van der Waals surface area contributed by atoms with Crippen LogP contribution >= 0.6 is 0 Å². The van der Waals surface area contributed by atoms with E-state index in [1.807, 2.05) is 0 Å². The number of hydrogen-bond donors (Lipinski definition) is 2. The van der Waals surface area contributed by atoms with Crippen LogP contribution in [0.25, 0.3) is 11.0 Å². The van der Waals surface area contributed by atoms with Crippen LogP contribution in [-0.4, -0.2) is 78.3 Å². The number of sulfonamides is 1. The lowest BCUT2D eigenvalue weighted by Crippen LogP contribution is -2.31. The molecule has 178 valence electrons. The monoisotopic (exact) mass is 475 g/mol. The molecule has 0 bridgehead atoms. The van der Waals surface area contributed by atoms with Crippen molar-refractivity contribution in [3.05, 3.63) is 42.4 Å². The lowest BCUT2D eigenvalue weighted by Gasteiger charge is -2.18. The number of aromatic nitrogens is 4. The van der Waals surface area contributed by atoms with Crippen molar-refractivity contribution in [1.29, 1.82) is 0 Å². The summed E-state index contributed by atoms with van der Waals surface area (Å²) >= 11 is 0. The van der Waals surface area contributed by atoms with Crippen molar-refractivity contribution >= 4 is 32.8 Å². The highest BCUT2D eigenvalue weighted by molar-refractivity contribution is 7.89. The first kappa shape index (κ1) is 24.6. The van der Waals surface area contributed by atoms with E-state index in [0.29, 0.717) is 56.4 Å². The zero-order valence-corrected chi connectivity index (χ0v) is 19.8. The number of benzene rings is 1. The summed E-state index contributed by atoms with van der Waals surface area (Å²) in [6, 6.07) is 5.94. The number of rotatable bonds is 12. The van der Waals surface area contributed by atoms with Gasteiger partial charge in [-0.25, -0.2) is 23.1 Å². The summed E-state index contributed by atoms with van der Waals surface area (Å²) in [6.07, 6.45) is 3.14. The zero-order valence-electron chi connectivity index (χ0n) is 19.0. The van der Waals surface area contributed by atoms with Crippen molar-refractivity contribution < 1.29 is 17.9 Å². The van der Waals surface area contributed by atoms with Crippen molar-refractivity contribution in [3.8, 4) is 0 Å². The van der Waals surface area contributed by atoms with E-state index in [4.69, 9.17) is 4.74 Å². The molecule has 0 saturated carbocycles. The normalized spacial score (nSPS) is 11.8. The van der Waals surface area contributed by atoms with Gasteiger partial charge >= 0.3 is 0 Å². The van der Waals surface area contributed by atoms with E-state index in [-0.39, 0.29) is 10.8 Å². The Balaban J connectivity index is 1.60. The van der Waals surface area contributed by atoms with Crippen LogP contribution in [0, 0.1) is 0 Å². The van der Waals surface area contributed by atoms with E-state index in [1.54, 1.807) is 31.8 Å². The molecule has 2 heterocycles. The van der Waals surface area contributed by atoms with Gasteiger partial charge in [-0.1, -0.05) is 13.8 Å². The minimum atomic E-state index is -3.56. The highest BCUT2D eigenvalue weighted by atomic mass is 32.2. The first-order valence-electron chi connectivity index (χ1n) is 10.7. The average Bonchev–Trinajstić information content (AvgIpc) is 3.24. The smallest absolute Gasteiger partial charge is 0.251 e. The minimum absolute atomic E-state index is 0.167. The molecular formula is C21H29N7O4S. The molecular weight excluding hydrogens is 446 g/mol. The number of ether oxygens (including phenoxy) is 1. The summed E-state index contributed by atoms with van der Waals surface area (Å²) in [5.41, 5.74) is 1.04. The van der Waals surface area contributed by atoms with Crippen molar-refractivity contribution in [2.75, 3.05) is 45.2 Å². The number of fused-ring (bicyclic) bond motifs is 1. The molecule has 0 aliphatic heterocycles. The Bertz CT molecular complexity index is 1180. The van der Waals surface area contributed by atoms with Gasteiger partial charge in [0.1, 0.15) is 12.1 Å². The Morgan fingerprint density at radius 3 is 2.52 bits per heavy atom. The number of anilines is 1. The van der Waals surface area contributed by atoms with Crippen LogP contribution in [0.2, 0.25) is 0 Å². The van der Waals surface area contributed by atoms with Crippen LogP contribution in [0.5, 0.6) is 0 Å². The number of nitrogens with zero attached hydrogens (tertiary/aromatic N) is 5. The Morgan fingerprint density at radius 2 is 1.85 bits per heavy atom. The maximum Gasteiger partial charge on any atom is 0.251 e. The maximum absolute atomic E-state index is 12.6. The van der Waals surface area contributed by atoms with E-state index in [9.17, 15) is 13.2 Å². The molecule has 2 aromatic heterocycles. The quantitative estimate of drug-likeness (QED) is 0.375. The molecule has 3 aromatic rings. The second-order valence-electron chi connectivity index (χ2n) is 7.12. The molecule has 0 radical (unpaired) electrons. The van der Waals surface area contributed by atoms with Gasteiger partial charge in [0.2, 0.25) is 10.0 Å². The molecule has 0 saturated heterocycles. The van der Waals surface area contributed by atoms with Crippen LogP contribution < -0.4 is 10.6 Å². The number of carbonyl (C=O) groups excluding carboxylic acids is 1. The summed E-state index contributed by atoms with van der Waals surface area (Å²) in [6.45, 7) is 6.25. The molecule has 0 unspecified atom stereocenters. The van der Waals surface area contributed by atoms with Crippen LogP contribution in [0.4, 0.5) is 5.82 Å². The molecule has 2 N–H and O–H groups in total. The SMILES string of the molecule is CCN(CC)S(=O)(=O)c1ccc(C(=O)NCCn2ncc3c(NCCOC)ncnc32)cc1. The molecule has 0 aliphatic rings. The highest BCUT2D eigenvalue weighted by Crippen LogP contribution is 2.18. The Hall–Kier alpha value is -3.09. The van der Waals surface area contributed by atoms with Gasteiger partial charge in [0.25, 0.3) is 5.91 Å². The first-order chi connectivity index (χ1) is 15.9. The van der Waals surface area contributed by atoms with Gasteiger partial charge < -0.3 is 15.4 Å². The zero-order chi connectivity index (χ0) is 23.8. The highest BCUT2D eigenvalue weighted by Gasteiger charge is 2.21. The molecule has 1 amide bonds. The van der Waals surface area contributed by atoms with Gasteiger partial charge in [0.15, 0.2) is 5.65 Å². The van der Waals surface area contributed by atoms with Crippen LogP contribution in [0.15, 0.2) is 41.7 Å².